The predicted molar refractivity (Wildman–Crippen MR) is 61.8 cm³/mol. The number of amides is 2. The van der Waals surface area contributed by atoms with Crippen LogP contribution in [0.2, 0.25) is 0 Å². The van der Waals surface area contributed by atoms with E-state index in [1.165, 1.54) is 0 Å². The van der Waals surface area contributed by atoms with E-state index < -0.39 is 0 Å². The molecule has 5 nitrogen and oxygen atoms in total. The summed E-state index contributed by atoms with van der Waals surface area (Å²) >= 11 is 0. The van der Waals surface area contributed by atoms with Crippen molar-refractivity contribution in [3.8, 4) is 0 Å². The maximum absolute atomic E-state index is 11.6. The van der Waals surface area contributed by atoms with E-state index in [1.54, 1.807) is 0 Å². The molecule has 1 fully saturated rings. The lowest BCUT2D eigenvalue weighted by molar-refractivity contribution is -0.126. The van der Waals surface area contributed by atoms with E-state index in [0.29, 0.717) is 13.1 Å². The van der Waals surface area contributed by atoms with Gasteiger partial charge in [0.05, 0.1) is 5.92 Å². The van der Waals surface area contributed by atoms with Crippen molar-refractivity contribution < 1.29 is 9.59 Å². The number of rotatable bonds is 5. The van der Waals surface area contributed by atoms with Crippen LogP contribution in [0.4, 0.5) is 0 Å². The quantitative estimate of drug-likeness (QED) is 0.554. The van der Waals surface area contributed by atoms with E-state index in [0.717, 1.165) is 19.5 Å². The monoisotopic (exact) mass is 227 g/mol. The van der Waals surface area contributed by atoms with Crippen molar-refractivity contribution in [2.24, 2.45) is 11.8 Å². The normalized spacial score (nSPS) is 19.8. The van der Waals surface area contributed by atoms with E-state index in [1.807, 2.05) is 13.8 Å². The highest BCUT2D eigenvalue weighted by molar-refractivity contribution is 5.79. The summed E-state index contributed by atoms with van der Waals surface area (Å²) in [4.78, 5) is 22.8. The van der Waals surface area contributed by atoms with Gasteiger partial charge in [-0.3, -0.25) is 9.59 Å². The second-order valence-corrected chi connectivity index (χ2v) is 4.43. The number of carbonyl (C=O) groups is 2. The average Bonchev–Trinajstić information content (AvgIpc) is 2.76. The van der Waals surface area contributed by atoms with Crippen LogP contribution < -0.4 is 16.0 Å². The SMILES string of the molecule is CC(C)C(=O)NCCNC(=O)C1CCNC1. The molecule has 2 amide bonds. The number of carbonyl (C=O) groups excluding carboxylic acids is 2. The van der Waals surface area contributed by atoms with E-state index >= 15 is 0 Å². The fourth-order valence-electron chi connectivity index (χ4n) is 1.60. The first-order valence-electron chi connectivity index (χ1n) is 5.87. The lowest BCUT2D eigenvalue weighted by atomic mass is 10.1. The molecule has 1 aliphatic heterocycles. The minimum Gasteiger partial charge on any atom is -0.354 e. The van der Waals surface area contributed by atoms with Gasteiger partial charge in [-0.2, -0.15) is 0 Å². The Morgan fingerprint density at radius 1 is 1.31 bits per heavy atom. The van der Waals surface area contributed by atoms with Gasteiger partial charge < -0.3 is 16.0 Å². The van der Waals surface area contributed by atoms with Crippen LogP contribution in [0, 0.1) is 11.8 Å². The van der Waals surface area contributed by atoms with Gasteiger partial charge in [0, 0.05) is 25.6 Å². The van der Waals surface area contributed by atoms with Crippen molar-refractivity contribution in [3.63, 3.8) is 0 Å². The fraction of sp³-hybridized carbons (Fsp3) is 0.818. The average molecular weight is 227 g/mol. The van der Waals surface area contributed by atoms with Crippen molar-refractivity contribution in [1.29, 1.82) is 0 Å². The molecule has 1 atom stereocenters. The van der Waals surface area contributed by atoms with Gasteiger partial charge in [-0.15, -0.1) is 0 Å². The Bertz CT molecular complexity index is 248. The van der Waals surface area contributed by atoms with Crippen LogP contribution in [0.3, 0.4) is 0 Å². The van der Waals surface area contributed by atoms with E-state index in [9.17, 15) is 9.59 Å². The second-order valence-electron chi connectivity index (χ2n) is 4.43. The highest BCUT2D eigenvalue weighted by Crippen LogP contribution is 2.06. The molecule has 16 heavy (non-hydrogen) atoms. The molecule has 0 radical (unpaired) electrons. The predicted octanol–water partition coefficient (Wildman–Crippen LogP) is -0.516. The first-order valence-corrected chi connectivity index (χ1v) is 5.87. The third-order valence-electron chi connectivity index (χ3n) is 2.68. The van der Waals surface area contributed by atoms with Crippen LogP contribution >= 0.6 is 0 Å². The van der Waals surface area contributed by atoms with E-state index in [2.05, 4.69) is 16.0 Å². The van der Waals surface area contributed by atoms with Crippen molar-refractivity contribution in [2.75, 3.05) is 26.2 Å². The molecule has 1 unspecified atom stereocenters. The van der Waals surface area contributed by atoms with Crippen molar-refractivity contribution in [2.45, 2.75) is 20.3 Å². The Labute approximate surface area is 96.4 Å². The van der Waals surface area contributed by atoms with Gasteiger partial charge in [-0.25, -0.2) is 0 Å². The number of nitrogens with one attached hydrogen (secondary N) is 3. The largest absolute Gasteiger partial charge is 0.354 e. The molecule has 1 heterocycles. The number of hydrogen-bond donors (Lipinski definition) is 3. The minimum atomic E-state index is -0.00488. The molecule has 92 valence electrons. The molecule has 0 aromatic heterocycles. The topological polar surface area (TPSA) is 70.2 Å². The van der Waals surface area contributed by atoms with Gasteiger partial charge in [0.1, 0.15) is 0 Å². The zero-order valence-corrected chi connectivity index (χ0v) is 10.0. The molecule has 1 rings (SSSR count). The zero-order valence-electron chi connectivity index (χ0n) is 10.0. The smallest absolute Gasteiger partial charge is 0.224 e. The Morgan fingerprint density at radius 2 is 2.00 bits per heavy atom. The fourth-order valence-corrected chi connectivity index (χ4v) is 1.60. The Kier molecular flexibility index (Phi) is 5.25. The van der Waals surface area contributed by atoms with Gasteiger partial charge in [0.2, 0.25) is 11.8 Å². The number of hydrogen-bond acceptors (Lipinski definition) is 3. The molecule has 0 aromatic rings. The Morgan fingerprint density at radius 3 is 2.56 bits per heavy atom. The van der Waals surface area contributed by atoms with Crippen LogP contribution in [0.15, 0.2) is 0 Å². The van der Waals surface area contributed by atoms with Crippen LogP contribution in [0.5, 0.6) is 0 Å². The lowest BCUT2D eigenvalue weighted by Crippen LogP contribution is -2.39. The summed E-state index contributed by atoms with van der Waals surface area (Å²) in [5.41, 5.74) is 0. The summed E-state index contributed by atoms with van der Waals surface area (Å²) in [6.45, 7) is 6.39. The van der Waals surface area contributed by atoms with Gasteiger partial charge in [-0.05, 0) is 13.0 Å². The van der Waals surface area contributed by atoms with E-state index in [-0.39, 0.29) is 23.7 Å². The van der Waals surface area contributed by atoms with Gasteiger partial charge >= 0.3 is 0 Å². The summed E-state index contributed by atoms with van der Waals surface area (Å²) in [5, 5.41) is 8.73. The molecule has 1 saturated heterocycles. The highest BCUT2D eigenvalue weighted by Gasteiger charge is 2.21. The molecule has 0 aliphatic carbocycles. The molecule has 0 saturated carbocycles. The second kappa shape index (κ2) is 6.48. The highest BCUT2D eigenvalue weighted by atomic mass is 16.2. The maximum Gasteiger partial charge on any atom is 0.224 e. The van der Waals surface area contributed by atoms with Crippen molar-refractivity contribution in [3.05, 3.63) is 0 Å². The van der Waals surface area contributed by atoms with Gasteiger partial charge in [0.25, 0.3) is 0 Å². The van der Waals surface area contributed by atoms with Crippen LogP contribution in [0.1, 0.15) is 20.3 Å². The molecule has 3 N–H and O–H groups in total. The lowest BCUT2D eigenvalue weighted by Gasteiger charge is -2.11. The Hall–Kier alpha value is -1.10. The van der Waals surface area contributed by atoms with E-state index in [4.69, 9.17) is 0 Å². The summed E-state index contributed by atoms with van der Waals surface area (Å²) < 4.78 is 0. The molecule has 0 spiro atoms. The van der Waals surface area contributed by atoms with Gasteiger partial charge in [-0.1, -0.05) is 13.8 Å². The summed E-state index contributed by atoms with van der Waals surface area (Å²) in [6, 6.07) is 0. The third kappa shape index (κ3) is 4.18. The third-order valence-corrected chi connectivity index (χ3v) is 2.68. The van der Waals surface area contributed by atoms with Crippen molar-refractivity contribution >= 4 is 11.8 Å². The standard InChI is InChI=1S/C11H21N3O2/c1-8(2)10(15)13-5-6-14-11(16)9-3-4-12-7-9/h8-9,12H,3-7H2,1-2H3,(H,13,15)(H,14,16). The van der Waals surface area contributed by atoms with Crippen LogP contribution in [0.25, 0.3) is 0 Å². The molecule has 0 bridgehead atoms. The first kappa shape index (κ1) is 13.0. The minimum absolute atomic E-state index is 0.00488. The van der Waals surface area contributed by atoms with Gasteiger partial charge in [0.15, 0.2) is 0 Å². The molecular weight excluding hydrogens is 206 g/mol. The summed E-state index contributed by atoms with van der Waals surface area (Å²) in [5.74, 6) is 0.205. The molecule has 5 heteroatoms. The molecular formula is C11H21N3O2. The first-order chi connectivity index (χ1) is 7.61. The Balaban J connectivity index is 2.06. The van der Waals surface area contributed by atoms with Crippen molar-refractivity contribution in [1.82, 2.24) is 16.0 Å². The zero-order chi connectivity index (χ0) is 12.0. The molecule has 0 aromatic carbocycles. The van der Waals surface area contributed by atoms with Crippen LogP contribution in [-0.2, 0) is 9.59 Å². The summed E-state index contributed by atoms with van der Waals surface area (Å²) in [6.07, 6.45) is 0.907. The molecule has 1 aliphatic rings. The van der Waals surface area contributed by atoms with Crippen LogP contribution in [-0.4, -0.2) is 38.0 Å². The maximum atomic E-state index is 11.6. The summed E-state index contributed by atoms with van der Waals surface area (Å²) in [7, 11) is 0.